The van der Waals surface area contributed by atoms with E-state index in [0.717, 1.165) is 11.1 Å². The van der Waals surface area contributed by atoms with Crippen molar-refractivity contribution in [2.75, 3.05) is 6.61 Å². The molecular weight excluding hydrogens is 242 g/mol. The topological polar surface area (TPSA) is 48.3 Å². The zero-order chi connectivity index (χ0) is 14.0. The summed E-state index contributed by atoms with van der Waals surface area (Å²) in [6, 6.07) is 0. The minimum Gasteiger partial charge on any atom is -0.466 e. The van der Waals surface area contributed by atoms with Crippen molar-refractivity contribution in [3.63, 3.8) is 0 Å². The molecule has 0 unspecified atom stereocenters. The monoisotopic (exact) mass is 261 g/mol. The fraction of sp³-hybridized carbons (Fsp3) is 0.467. The van der Waals surface area contributed by atoms with Crippen LogP contribution in [0.4, 0.5) is 0 Å². The van der Waals surface area contributed by atoms with E-state index >= 15 is 0 Å². The second-order valence-electron chi connectivity index (χ2n) is 5.30. The lowest BCUT2D eigenvalue weighted by molar-refractivity contribution is -0.143. The molecule has 1 aromatic heterocycles. The number of aromatic nitrogens is 1. The van der Waals surface area contributed by atoms with Gasteiger partial charge in [0, 0.05) is 35.5 Å². The number of ketones is 1. The Balaban J connectivity index is 2.10. The molecule has 0 aliphatic heterocycles. The van der Waals surface area contributed by atoms with Gasteiger partial charge in [0.25, 0.3) is 0 Å². The molecule has 4 heteroatoms. The van der Waals surface area contributed by atoms with Gasteiger partial charge in [-0.1, -0.05) is 12.2 Å². The number of allylic oxidation sites excluding steroid dienone is 1. The first-order valence-corrected chi connectivity index (χ1v) is 6.53. The fourth-order valence-corrected chi connectivity index (χ4v) is 2.15. The average molecular weight is 261 g/mol. The normalized spacial score (nSPS) is 16.3. The molecule has 0 aromatic carbocycles. The Hall–Kier alpha value is -1.84. The number of ether oxygens (including phenoxy) is 1. The second kappa shape index (κ2) is 5.03. The number of esters is 1. The van der Waals surface area contributed by atoms with E-state index in [1.54, 1.807) is 6.92 Å². The van der Waals surface area contributed by atoms with Gasteiger partial charge in [0.2, 0.25) is 0 Å². The molecule has 1 aliphatic rings. The van der Waals surface area contributed by atoms with Crippen LogP contribution in [0.2, 0.25) is 0 Å². The molecule has 1 aliphatic carbocycles. The van der Waals surface area contributed by atoms with Crippen LogP contribution in [0.1, 0.15) is 43.1 Å². The minimum absolute atomic E-state index is 0.125. The lowest BCUT2D eigenvalue weighted by Crippen LogP contribution is -2.24. The number of carbonyl (C=O) groups excluding carboxylic acids is 2. The third-order valence-electron chi connectivity index (χ3n) is 3.30. The predicted octanol–water partition coefficient (Wildman–Crippen LogP) is 2.68. The first kappa shape index (κ1) is 13.6. The maximum atomic E-state index is 12.2. The van der Waals surface area contributed by atoms with Crippen LogP contribution in [0.15, 0.2) is 18.5 Å². The highest BCUT2D eigenvalue weighted by Gasteiger charge is 2.31. The molecule has 0 spiro atoms. The summed E-state index contributed by atoms with van der Waals surface area (Å²) in [4.78, 5) is 23.5. The minimum atomic E-state index is -0.444. The van der Waals surface area contributed by atoms with Crippen molar-refractivity contribution in [1.82, 2.24) is 4.57 Å². The molecule has 0 fully saturated rings. The molecule has 0 radical (unpaired) electrons. The van der Waals surface area contributed by atoms with Gasteiger partial charge in [-0.2, -0.15) is 0 Å². The molecule has 2 rings (SSSR count). The third kappa shape index (κ3) is 2.78. The van der Waals surface area contributed by atoms with E-state index < -0.39 is 5.41 Å². The Morgan fingerprint density at radius 2 is 2.11 bits per heavy atom. The molecule has 0 N–H and O–H groups in total. The molecule has 102 valence electrons. The lowest BCUT2D eigenvalue weighted by Gasteiger charge is -2.21. The Kier molecular flexibility index (Phi) is 3.60. The highest BCUT2D eigenvalue weighted by Crippen LogP contribution is 2.32. The molecule has 1 aromatic rings. The van der Waals surface area contributed by atoms with Gasteiger partial charge < -0.3 is 9.30 Å². The van der Waals surface area contributed by atoms with E-state index in [2.05, 4.69) is 0 Å². The van der Waals surface area contributed by atoms with Crippen LogP contribution in [0.25, 0.3) is 6.08 Å². The van der Waals surface area contributed by atoms with Gasteiger partial charge in [-0.15, -0.1) is 0 Å². The maximum Gasteiger partial charge on any atom is 0.307 e. The van der Waals surface area contributed by atoms with E-state index in [9.17, 15) is 9.59 Å². The number of hydrogen-bond donors (Lipinski definition) is 0. The summed E-state index contributed by atoms with van der Waals surface area (Å²) in [6.45, 7) is 6.54. The van der Waals surface area contributed by atoms with Crippen molar-refractivity contribution in [3.05, 3.63) is 29.6 Å². The van der Waals surface area contributed by atoms with Gasteiger partial charge in [0.1, 0.15) is 0 Å². The molecule has 0 saturated carbocycles. The highest BCUT2D eigenvalue weighted by atomic mass is 16.5. The van der Waals surface area contributed by atoms with Gasteiger partial charge in [0.15, 0.2) is 5.78 Å². The van der Waals surface area contributed by atoms with Crippen molar-refractivity contribution < 1.29 is 14.3 Å². The van der Waals surface area contributed by atoms with Gasteiger partial charge in [-0.05, 0) is 20.8 Å². The Labute approximate surface area is 113 Å². The number of hydrogen-bond acceptors (Lipinski definition) is 3. The maximum absolute atomic E-state index is 12.2. The number of Topliss-reactive ketones (excluding diaryl/α,β-unsaturated/α-hetero) is 1. The Morgan fingerprint density at radius 1 is 1.37 bits per heavy atom. The van der Waals surface area contributed by atoms with Gasteiger partial charge >= 0.3 is 5.97 Å². The van der Waals surface area contributed by atoms with Crippen LogP contribution in [0, 0.1) is 5.41 Å². The Morgan fingerprint density at radius 3 is 2.79 bits per heavy atom. The van der Waals surface area contributed by atoms with E-state index in [0.29, 0.717) is 19.6 Å². The van der Waals surface area contributed by atoms with Crippen LogP contribution in [0.5, 0.6) is 0 Å². The summed E-state index contributed by atoms with van der Waals surface area (Å²) in [6.07, 6.45) is 7.94. The van der Waals surface area contributed by atoms with Crippen molar-refractivity contribution >= 4 is 17.8 Å². The average Bonchev–Trinajstić information content (AvgIpc) is 2.76. The van der Waals surface area contributed by atoms with Crippen molar-refractivity contribution in [1.29, 1.82) is 0 Å². The van der Waals surface area contributed by atoms with Crippen LogP contribution < -0.4 is 0 Å². The molecule has 19 heavy (non-hydrogen) atoms. The van der Waals surface area contributed by atoms with E-state index in [1.165, 1.54) is 0 Å². The first-order valence-electron chi connectivity index (χ1n) is 6.53. The number of aryl methyl sites for hydroxylation is 1. The number of fused-ring (bicyclic) bond motifs is 1. The smallest absolute Gasteiger partial charge is 0.307 e. The predicted molar refractivity (Wildman–Crippen MR) is 72.8 cm³/mol. The standard InChI is InChI=1S/C15H19NO3/c1-4-19-13(17)6-8-16-9-11-5-7-15(2,3)14(18)12(11)10-16/h5,7,9-10H,4,6,8H2,1-3H3. The van der Waals surface area contributed by atoms with Gasteiger partial charge in [0.05, 0.1) is 13.0 Å². The van der Waals surface area contributed by atoms with E-state index in [1.807, 2.05) is 43.0 Å². The molecule has 1 heterocycles. The first-order chi connectivity index (χ1) is 8.94. The van der Waals surface area contributed by atoms with Crippen molar-refractivity contribution in [2.24, 2.45) is 5.41 Å². The number of carbonyl (C=O) groups is 2. The Bertz CT molecular complexity index is 538. The summed E-state index contributed by atoms with van der Waals surface area (Å²) in [5.74, 6) is -0.0868. The lowest BCUT2D eigenvalue weighted by atomic mass is 9.80. The summed E-state index contributed by atoms with van der Waals surface area (Å²) >= 11 is 0. The summed E-state index contributed by atoms with van der Waals surface area (Å²) in [7, 11) is 0. The van der Waals surface area contributed by atoms with Crippen molar-refractivity contribution in [2.45, 2.75) is 33.7 Å². The van der Waals surface area contributed by atoms with E-state index in [-0.39, 0.29) is 11.8 Å². The summed E-state index contributed by atoms with van der Waals surface area (Å²) in [5.41, 5.74) is 1.21. The van der Waals surface area contributed by atoms with Gasteiger partial charge in [-0.3, -0.25) is 9.59 Å². The molecule has 0 amide bonds. The highest BCUT2D eigenvalue weighted by molar-refractivity contribution is 6.06. The van der Waals surface area contributed by atoms with Crippen molar-refractivity contribution in [3.8, 4) is 0 Å². The number of nitrogens with zero attached hydrogens (tertiary/aromatic N) is 1. The SMILES string of the molecule is CCOC(=O)CCn1cc2c(c1)C(=O)C(C)(C)C=C2. The van der Waals surface area contributed by atoms with Crippen LogP contribution in [-0.2, 0) is 16.1 Å². The zero-order valence-electron chi connectivity index (χ0n) is 11.6. The third-order valence-corrected chi connectivity index (χ3v) is 3.30. The number of rotatable bonds is 4. The molecule has 4 nitrogen and oxygen atoms in total. The fourth-order valence-electron chi connectivity index (χ4n) is 2.15. The van der Waals surface area contributed by atoms with Crippen LogP contribution in [0.3, 0.4) is 0 Å². The quantitative estimate of drug-likeness (QED) is 0.783. The molecule has 0 atom stereocenters. The van der Waals surface area contributed by atoms with Crippen LogP contribution >= 0.6 is 0 Å². The van der Waals surface area contributed by atoms with Gasteiger partial charge in [-0.25, -0.2) is 0 Å². The van der Waals surface area contributed by atoms with Crippen LogP contribution in [-0.4, -0.2) is 22.9 Å². The molecule has 0 saturated heterocycles. The molecule has 0 bridgehead atoms. The van der Waals surface area contributed by atoms with E-state index in [4.69, 9.17) is 4.74 Å². The largest absolute Gasteiger partial charge is 0.466 e. The molecular formula is C15H19NO3. The second-order valence-corrected chi connectivity index (χ2v) is 5.30. The summed E-state index contributed by atoms with van der Waals surface area (Å²) in [5, 5.41) is 0. The zero-order valence-corrected chi connectivity index (χ0v) is 11.6. The summed E-state index contributed by atoms with van der Waals surface area (Å²) < 4.78 is 6.77.